The molecule has 0 spiro atoms. The lowest BCUT2D eigenvalue weighted by atomic mass is 10.1. The largest absolute Gasteiger partial charge is 0.465 e. The van der Waals surface area contributed by atoms with E-state index in [0.717, 1.165) is 10.4 Å². The number of amides is 1. The van der Waals surface area contributed by atoms with Crippen LogP contribution < -0.4 is 10.9 Å². The number of esters is 1. The summed E-state index contributed by atoms with van der Waals surface area (Å²) in [5, 5.41) is 11.9. The third-order valence-electron chi connectivity index (χ3n) is 4.56. The molecule has 2 aromatic heterocycles. The molecule has 0 saturated heterocycles. The summed E-state index contributed by atoms with van der Waals surface area (Å²) in [5.74, 6) is -1.05. The highest BCUT2D eigenvalue weighted by molar-refractivity contribution is 7.16. The number of thiophene rings is 1. The third-order valence-corrected chi connectivity index (χ3v) is 5.61. The smallest absolute Gasteiger partial charge is 0.340 e. The van der Waals surface area contributed by atoms with Crippen molar-refractivity contribution >= 4 is 39.2 Å². The van der Waals surface area contributed by atoms with E-state index < -0.39 is 11.9 Å². The zero-order valence-corrected chi connectivity index (χ0v) is 16.9. The second kappa shape index (κ2) is 8.34. The minimum atomic E-state index is -0.532. The lowest BCUT2D eigenvalue weighted by molar-refractivity contribution is 0.0602. The van der Waals surface area contributed by atoms with E-state index >= 15 is 0 Å². The van der Waals surface area contributed by atoms with Gasteiger partial charge in [0, 0.05) is 16.7 Å². The Bertz CT molecular complexity index is 1290. The standard InChI is InChI=1S/C23H18N2O4S/c1-28-23(27)18-13-16(11-14-7-3-2-4-8-14)30-22(18)25-21(26)17-12-15-9-5-6-10-19(15)29-20(17)24/h2-10,12-13,24H,11H2,1H3,(H,25,26). The van der Waals surface area contributed by atoms with Crippen molar-refractivity contribution in [1.82, 2.24) is 0 Å². The number of ether oxygens (including phenoxy) is 1. The molecule has 2 heterocycles. The molecular weight excluding hydrogens is 400 g/mol. The fourth-order valence-corrected chi connectivity index (χ4v) is 4.17. The average molecular weight is 418 g/mol. The van der Waals surface area contributed by atoms with E-state index in [1.54, 1.807) is 30.3 Å². The highest BCUT2D eigenvalue weighted by Gasteiger charge is 2.20. The quantitative estimate of drug-likeness (QED) is 0.463. The summed E-state index contributed by atoms with van der Waals surface area (Å²) in [6.45, 7) is 0. The molecule has 0 aliphatic rings. The van der Waals surface area contributed by atoms with Gasteiger partial charge in [-0.05, 0) is 23.8 Å². The van der Waals surface area contributed by atoms with E-state index in [2.05, 4.69) is 5.32 Å². The van der Waals surface area contributed by atoms with Crippen LogP contribution in [0.1, 0.15) is 31.2 Å². The van der Waals surface area contributed by atoms with Crippen LogP contribution in [0.4, 0.5) is 5.00 Å². The Balaban J connectivity index is 1.66. The minimum absolute atomic E-state index is 0.0857. The number of benzene rings is 2. The van der Waals surface area contributed by atoms with Crippen LogP contribution in [0.5, 0.6) is 0 Å². The van der Waals surface area contributed by atoms with E-state index in [1.165, 1.54) is 18.4 Å². The molecule has 0 atom stereocenters. The number of carbonyl (C=O) groups is 2. The molecule has 30 heavy (non-hydrogen) atoms. The van der Waals surface area contributed by atoms with Gasteiger partial charge in [-0.1, -0.05) is 48.5 Å². The number of rotatable bonds is 5. The molecule has 0 bridgehead atoms. The Kier molecular flexibility index (Phi) is 5.45. The van der Waals surface area contributed by atoms with Crippen molar-refractivity contribution in [2.24, 2.45) is 0 Å². The van der Waals surface area contributed by atoms with Gasteiger partial charge in [-0.15, -0.1) is 11.3 Å². The van der Waals surface area contributed by atoms with E-state index in [1.807, 2.05) is 36.4 Å². The first-order valence-corrected chi connectivity index (χ1v) is 10.0. The van der Waals surface area contributed by atoms with Crippen LogP contribution in [-0.4, -0.2) is 19.0 Å². The van der Waals surface area contributed by atoms with Gasteiger partial charge >= 0.3 is 5.97 Å². The van der Waals surface area contributed by atoms with Gasteiger partial charge in [-0.2, -0.15) is 0 Å². The molecule has 0 saturated carbocycles. The van der Waals surface area contributed by atoms with Crippen LogP contribution in [-0.2, 0) is 11.2 Å². The van der Waals surface area contributed by atoms with Crippen LogP contribution >= 0.6 is 11.3 Å². The van der Waals surface area contributed by atoms with Crippen molar-refractivity contribution in [3.8, 4) is 0 Å². The molecule has 0 radical (unpaired) electrons. The Morgan fingerprint density at radius 2 is 1.77 bits per heavy atom. The van der Waals surface area contributed by atoms with Crippen LogP contribution in [0, 0.1) is 5.41 Å². The number of methoxy groups -OCH3 is 1. The predicted octanol–water partition coefficient (Wildman–Crippen LogP) is 4.60. The molecule has 150 valence electrons. The van der Waals surface area contributed by atoms with Crippen molar-refractivity contribution in [3.63, 3.8) is 0 Å². The van der Waals surface area contributed by atoms with Gasteiger partial charge in [-0.25, -0.2) is 4.79 Å². The number of anilines is 1. The number of nitrogens with one attached hydrogen (secondary N) is 2. The highest BCUT2D eigenvalue weighted by atomic mass is 32.1. The topological polar surface area (TPSA) is 92.4 Å². The molecule has 0 unspecified atom stereocenters. The fourth-order valence-electron chi connectivity index (χ4n) is 3.10. The molecule has 0 aliphatic heterocycles. The molecule has 0 aliphatic carbocycles. The summed E-state index contributed by atoms with van der Waals surface area (Å²) in [5.41, 5.74) is 1.74. The van der Waals surface area contributed by atoms with Gasteiger partial charge in [0.15, 0.2) is 0 Å². The molecule has 4 aromatic rings. The molecule has 0 fully saturated rings. The first-order chi connectivity index (χ1) is 14.5. The lowest BCUT2D eigenvalue weighted by Gasteiger charge is -2.06. The summed E-state index contributed by atoms with van der Waals surface area (Å²) >= 11 is 1.31. The number of hydrogen-bond acceptors (Lipinski definition) is 6. The van der Waals surface area contributed by atoms with Gasteiger partial charge in [0.05, 0.1) is 12.7 Å². The second-order valence-corrected chi connectivity index (χ2v) is 7.73. The summed E-state index contributed by atoms with van der Waals surface area (Å²) < 4.78 is 10.3. The first-order valence-electron chi connectivity index (χ1n) is 9.19. The Morgan fingerprint density at radius 3 is 2.53 bits per heavy atom. The van der Waals surface area contributed by atoms with Gasteiger partial charge in [0.1, 0.15) is 16.1 Å². The minimum Gasteiger partial charge on any atom is -0.465 e. The molecule has 6 nitrogen and oxygen atoms in total. The highest BCUT2D eigenvalue weighted by Crippen LogP contribution is 2.31. The van der Waals surface area contributed by atoms with Gasteiger partial charge in [0.2, 0.25) is 5.55 Å². The Labute approximate surface area is 176 Å². The molecular formula is C23H18N2O4S. The zero-order chi connectivity index (χ0) is 21.1. The molecule has 7 heteroatoms. The maximum Gasteiger partial charge on any atom is 0.340 e. The predicted molar refractivity (Wildman–Crippen MR) is 115 cm³/mol. The van der Waals surface area contributed by atoms with Crippen LogP contribution in [0.25, 0.3) is 11.0 Å². The summed E-state index contributed by atoms with van der Waals surface area (Å²) in [7, 11) is 1.30. The van der Waals surface area contributed by atoms with Crippen LogP contribution in [0.2, 0.25) is 0 Å². The number of para-hydroxylation sites is 1. The maximum absolute atomic E-state index is 12.9. The van der Waals surface area contributed by atoms with Gasteiger partial charge < -0.3 is 14.5 Å². The van der Waals surface area contributed by atoms with Crippen LogP contribution in [0.15, 0.2) is 71.1 Å². The maximum atomic E-state index is 12.9. The molecule has 2 aromatic carbocycles. The summed E-state index contributed by atoms with van der Waals surface area (Å²) in [6, 6.07) is 20.3. The van der Waals surface area contributed by atoms with Crippen LogP contribution in [0.3, 0.4) is 0 Å². The van der Waals surface area contributed by atoms with E-state index in [9.17, 15) is 9.59 Å². The fraction of sp³-hybridized carbons (Fsp3) is 0.0870. The van der Waals surface area contributed by atoms with Crippen molar-refractivity contribution < 1.29 is 18.7 Å². The monoisotopic (exact) mass is 418 g/mol. The third kappa shape index (κ3) is 4.01. The first kappa shape index (κ1) is 19.6. The van der Waals surface area contributed by atoms with Crippen molar-refractivity contribution in [2.45, 2.75) is 6.42 Å². The average Bonchev–Trinajstić information content (AvgIpc) is 3.15. The van der Waals surface area contributed by atoms with E-state index in [-0.39, 0.29) is 16.7 Å². The summed E-state index contributed by atoms with van der Waals surface area (Å²) in [4.78, 5) is 26.0. The molecule has 2 N–H and O–H groups in total. The second-order valence-electron chi connectivity index (χ2n) is 6.59. The van der Waals surface area contributed by atoms with Crippen molar-refractivity contribution in [3.05, 3.63) is 93.9 Å². The normalized spacial score (nSPS) is 10.7. The van der Waals surface area contributed by atoms with E-state index in [0.29, 0.717) is 22.4 Å². The molecule has 1 amide bonds. The molecule has 4 rings (SSSR count). The lowest BCUT2D eigenvalue weighted by Crippen LogP contribution is -2.21. The number of carbonyl (C=O) groups excluding carboxylic acids is 2. The van der Waals surface area contributed by atoms with E-state index in [4.69, 9.17) is 14.6 Å². The van der Waals surface area contributed by atoms with Gasteiger partial charge in [0.25, 0.3) is 5.91 Å². The SMILES string of the molecule is COC(=O)c1cc(Cc2ccccc2)sc1NC(=O)c1cc2ccccc2oc1=N. The van der Waals surface area contributed by atoms with Crippen molar-refractivity contribution in [1.29, 1.82) is 5.41 Å². The van der Waals surface area contributed by atoms with Crippen molar-refractivity contribution in [2.75, 3.05) is 12.4 Å². The number of fused-ring (bicyclic) bond motifs is 1. The zero-order valence-electron chi connectivity index (χ0n) is 16.1. The summed E-state index contributed by atoms with van der Waals surface area (Å²) in [6.07, 6.45) is 0.625. The Hall–Kier alpha value is -3.71. The number of hydrogen-bond donors (Lipinski definition) is 2. The van der Waals surface area contributed by atoms with Gasteiger partial charge in [-0.3, -0.25) is 10.2 Å². The Morgan fingerprint density at radius 1 is 1.03 bits per heavy atom.